The van der Waals surface area contributed by atoms with Gasteiger partial charge in [-0.05, 0) is 17.2 Å². The predicted molar refractivity (Wildman–Crippen MR) is 67.0 cm³/mol. The Hall–Kier alpha value is -2.43. The summed E-state index contributed by atoms with van der Waals surface area (Å²) in [5, 5.41) is 9.89. The average Bonchev–Trinajstić information content (AvgIpc) is 2.30. The molecule has 16 heavy (non-hydrogen) atoms. The van der Waals surface area contributed by atoms with Gasteiger partial charge in [-0.1, -0.05) is 30.9 Å². The summed E-state index contributed by atoms with van der Waals surface area (Å²) in [4.78, 5) is 0. The lowest BCUT2D eigenvalue weighted by Gasteiger charge is -1.94. The molecule has 0 aliphatic heterocycles. The highest BCUT2D eigenvalue weighted by molar-refractivity contribution is 5.82. The van der Waals surface area contributed by atoms with Crippen molar-refractivity contribution in [1.82, 2.24) is 5.43 Å². The molecular formula is C11H14N5+. The molecule has 1 rings (SSSR count). The largest absolute Gasteiger partial charge is 0.364 e. The van der Waals surface area contributed by atoms with Crippen molar-refractivity contribution in [3.63, 3.8) is 0 Å². The van der Waals surface area contributed by atoms with Gasteiger partial charge in [0.25, 0.3) is 5.96 Å². The molecule has 0 amide bonds. The van der Waals surface area contributed by atoms with E-state index >= 15 is 0 Å². The maximum absolute atomic E-state index is 5.41. The molecule has 0 unspecified atom stereocenters. The van der Waals surface area contributed by atoms with E-state index in [1.165, 1.54) is 0 Å². The highest BCUT2D eigenvalue weighted by Gasteiger charge is 1.90. The Balaban J connectivity index is 2.72. The smallest absolute Gasteiger partial charge is 0.269 e. The van der Waals surface area contributed by atoms with E-state index in [1.54, 1.807) is 12.3 Å². The Morgan fingerprint density at radius 1 is 1.44 bits per heavy atom. The van der Waals surface area contributed by atoms with Crippen LogP contribution in [0.1, 0.15) is 11.1 Å². The maximum Gasteiger partial charge on any atom is 0.269 e. The number of nitrogens with two attached hydrogens (primary N) is 1. The Morgan fingerprint density at radius 3 is 2.88 bits per heavy atom. The van der Waals surface area contributed by atoms with Crippen LogP contribution in [-0.4, -0.2) is 18.9 Å². The number of nitrogens with one attached hydrogen (secondary N) is 2. The molecule has 1 aromatic rings. The summed E-state index contributed by atoms with van der Waals surface area (Å²) in [7, 11) is 0. The second kappa shape index (κ2) is 6.13. The minimum Gasteiger partial charge on any atom is -0.364 e. The molecule has 0 aliphatic rings. The first-order chi connectivity index (χ1) is 7.76. The van der Waals surface area contributed by atoms with Gasteiger partial charge in [-0.3, -0.25) is 0 Å². The van der Waals surface area contributed by atoms with Gasteiger partial charge in [0.05, 0.1) is 6.21 Å². The summed E-state index contributed by atoms with van der Waals surface area (Å²) in [6, 6.07) is 7.72. The van der Waals surface area contributed by atoms with Gasteiger partial charge in [-0.25, -0.2) is 0 Å². The maximum atomic E-state index is 5.41. The van der Waals surface area contributed by atoms with E-state index in [2.05, 4.69) is 34.0 Å². The molecule has 0 atom stereocenters. The van der Waals surface area contributed by atoms with Crippen LogP contribution < -0.4 is 16.3 Å². The third kappa shape index (κ3) is 3.75. The summed E-state index contributed by atoms with van der Waals surface area (Å²) in [6.45, 7) is 7.02. The fourth-order valence-corrected chi connectivity index (χ4v) is 1.04. The Kier molecular flexibility index (Phi) is 4.46. The zero-order valence-electron chi connectivity index (χ0n) is 8.85. The van der Waals surface area contributed by atoms with Crippen molar-refractivity contribution in [3.8, 4) is 0 Å². The van der Waals surface area contributed by atoms with Crippen molar-refractivity contribution in [2.45, 2.75) is 0 Å². The Morgan fingerprint density at radius 2 is 2.19 bits per heavy atom. The lowest BCUT2D eigenvalue weighted by molar-refractivity contribution is -0.496. The first kappa shape index (κ1) is 11.6. The number of rotatable bonds is 4. The number of hydrazine groups is 1. The SMILES string of the molecule is C=Cc1cccc(C=N/N=C(\N)N[NH+]=C)c1. The van der Waals surface area contributed by atoms with E-state index in [-0.39, 0.29) is 5.96 Å². The molecule has 4 N–H and O–H groups in total. The van der Waals surface area contributed by atoms with Gasteiger partial charge in [0.15, 0.2) is 6.72 Å². The van der Waals surface area contributed by atoms with E-state index in [0.29, 0.717) is 0 Å². The van der Waals surface area contributed by atoms with Crippen molar-refractivity contribution in [2.75, 3.05) is 0 Å². The molecule has 0 radical (unpaired) electrons. The van der Waals surface area contributed by atoms with Gasteiger partial charge in [0, 0.05) is 0 Å². The van der Waals surface area contributed by atoms with E-state index < -0.39 is 0 Å². The fourth-order valence-electron chi connectivity index (χ4n) is 1.04. The molecule has 0 saturated heterocycles. The minimum absolute atomic E-state index is 0.145. The van der Waals surface area contributed by atoms with Crippen molar-refractivity contribution >= 4 is 25.0 Å². The highest BCUT2D eigenvalue weighted by atomic mass is 15.4. The van der Waals surface area contributed by atoms with Crippen molar-refractivity contribution < 1.29 is 5.10 Å². The fraction of sp³-hybridized carbons (Fsp3) is 0. The molecule has 0 spiro atoms. The van der Waals surface area contributed by atoms with Gasteiger partial charge >= 0.3 is 0 Å². The highest BCUT2D eigenvalue weighted by Crippen LogP contribution is 2.04. The molecule has 5 nitrogen and oxygen atoms in total. The van der Waals surface area contributed by atoms with E-state index in [0.717, 1.165) is 11.1 Å². The monoisotopic (exact) mass is 216 g/mol. The zero-order valence-corrected chi connectivity index (χ0v) is 8.85. The molecule has 0 bridgehead atoms. The minimum atomic E-state index is 0.145. The van der Waals surface area contributed by atoms with Crippen LogP contribution in [0.4, 0.5) is 0 Å². The van der Waals surface area contributed by atoms with E-state index in [1.807, 2.05) is 24.3 Å². The summed E-state index contributed by atoms with van der Waals surface area (Å²) in [6.07, 6.45) is 3.37. The third-order valence-electron chi connectivity index (χ3n) is 1.74. The molecule has 0 heterocycles. The first-order valence-electron chi connectivity index (χ1n) is 4.63. The van der Waals surface area contributed by atoms with Crippen molar-refractivity contribution in [2.24, 2.45) is 15.9 Å². The number of benzene rings is 1. The van der Waals surface area contributed by atoms with Gasteiger partial charge in [0.2, 0.25) is 0 Å². The van der Waals surface area contributed by atoms with Crippen molar-refractivity contribution in [1.29, 1.82) is 0 Å². The quantitative estimate of drug-likeness (QED) is 0.352. The van der Waals surface area contributed by atoms with Crippen LogP contribution in [0.5, 0.6) is 0 Å². The van der Waals surface area contributed by atoms with Crippen LogP contribution in [0.2, 0.25) is 0 Å². The third-order valence-corrected chi connectivity index (χ3v) is 1.74. The number of hydrogen-bond donors (Lipinski definition) is 3. The van der Waals surface area contributed by atoms with Crippen LogP contribution in [-0.2, 0) is 0 Å². The Labute approximate surface area is 94.1 Å². The zero-order chi connectivity index (χ0) is 11.8. The van der Waals surface area contributed by atoms with Gasteiger partial charge < -0.3 is 5.73 Å². The normalized spacial score (nSPS) is 11.4. The van der Waals surface area contributed by atoms with Gasteiger partial charge in [-0.2, -0.15) is 5.10 Å². The molecule has 0 saturated carbocycles. The van der Waals surface area contributed by atoms with Crippen LogP contribution in [0.15, 0.2) is 41.0 Å². The van der Waals surface area contributed by atoms with E-state index in [9.17, 15) is 0 Å². The van der Waals surface area contributed by atoms with E-state index in [4.69, 9.17) is 5.73 Å². The average molecular weight is 216 g/mol. The van der Waals surface area contributed by atoms with Gasteiger partial charge in [0.1, 0.15) is 0 Å². The number of nitrogens with zero attached hydrogens (tertiary/aromatic N) is 2. The first-order valence-corrected chi connectivity index (χ1v) is 4.63. The lowest BCUT2D eigenvalue weighted by atomic mass is 10.1. The molecule has 82 valence electrons. The van der Waals surface area contributed by atoms with Crippen molar-refractivity contribution in [3.05, 3.63) is 42.0 Å². The number of hydrogen-bond acceptors (Lipinski definition) is 2. The summed E-state index contributed by atoms with van der Waals surface area (Å²) in [5.74, 6) is 0.145. The van der Waals surface area contributed by atoms with Crippen LogP contribution in [0.25, 0.3) is 6.08 Å². The molecule has 5 heteroatoms. The molecule has 0 aliphatic carbocycles. The molecular weight excluding hydrogens is 202 g/mol. The number of guanidine groups is 1. The summed E-state index contributed by atoms with van der Waals surface area (Å²) in [5.41, 5.74) is 9.86. The Bertz CT molecular complexity index is 434. The molecule has 0 fully saturated rings. The number of hydrazone groups is 1. The lowest BCUT2D eigenvalue weighted by Crippen LogP contribution is -2.80. The van der Waals surface area contributed by atoms with Crippen LogP contribution in [0, 0.1) is 0 Å². The van der Waals surface area contributed by atoms with Crippen LogP contribution in [0.3, 0.4) is 0 Å². The topological polar surface area (TPSA) is 76.7 Å². The van der Waals surface area contributed by atoms with Gasteiger partial charge in [-0.15, -0.1) is 15.6 Å². The van der Waals surface area contributed by atoms with Crippen LogP contribution >= 0.6 is 0 Å². The second-order valence-electron chi connectivity index (χ2n) is 2.91. The molecule has 0 aromatic heterocycles. The predicted octanol–water partition coefficient (Wildman–Crippen LogP) is -0.736. The summed E-state index contributed by atoms with van der Waals surface area (Å²) >= 11 is 0. The molecule has 1 aromatic carbocycles. The summed E-state index contributed by atoms with van der Waals surface area (Å²) < 4.78 is 0. The standard InChI is InChI=1S/C11H13N5/c1-3-9-5-4-6-10(7-9)8-14-16-11(12)15-13-2/h3-8H,1-2H2,(H3,12,15,16)/p+1. The second-order valence-corrected chi connectivity index (χ2v) is 2.91.